The lowest BCUT2D eigenvalue weighted by molar-refractivity contribution is -0.143. The second kappa shape index (κ2) is 9.45. The van der Waals surface area contributed by atoms with Crippen molar-refractivity contribution in [3.8, 4) is 0 Å². The lowest BCUT2D eigenvalue weighted by atomic mass is 10.0. The number of piperazine rings is 1. The Morgan fingerprint density at radius 3 is 1.94 bits per heavy atom. The smallest absolute Gasteiger partial charge is 0.325 e. The van der Waals surface area contributed by atoms with E-state index in [-0.39, 0.29) is 5.91 Å². The molecule has 1 heterocycles. The normalized spacial score (nSPS) is 15.3. The minimum Gasteiger partial charge on any atom is -0.480 e. The third kappa shape index (κ3) is 4.92. The van der Waals surface area contributed by atoms with E-state index >= 15 is 0 Å². The number of carbonyl (C=O) groups excluding carboxylic acids is 1. The van der Waals surface area contributed by atoms with Gasteiger partial charge < -0.3 is 15.3 Å². The molecule has 1 fully saturated rings. The molecule has 0 aromatic heterocycles. The summed E-state index contributed by atoms with van der Waals surface area (Å²) in [5.74, 6) is -0.958. The Morgan fingerprint density at radius 2 is 1.35 bits per heavy atom. The molecule has 1 aliphatic heterocycles. The topological polar surface area (TPSA) is 72.9 Å². The van der Waals surface area contributed by atoms with Gasteiger partial charge in [-0.2, -0.15) is 0 Å². The highest BCUT2D eigenvalue weighted by Crippen LogP contribution is 2.25. The van der Waals surface area contributed by atoms with Gasteiger partial charge in [-0.25, -0.2) is 0 Å². The molecular formula is C25H25N3O3. The van der Waals surface area contributed by atoms with Crippen LogP contribution in [0.25, 0.3) is 0 Å². The Bertz CT molecular complexity index is 1010. The molecule has 0 aliphatic carbocycles. The van der Waals surface area contributed by atoms with E-state index in [9.17, 15) is 14.7 Å². The van der Waals surface area contributed by atoms with Crippen LogP contribution in [0.1, 0.15) is 22.0 Å². The monoisotopic (exact) mass is 415 g/mol. The van der Waals surface area contributed by atoms with Gasteiger partial charge in [-0.05, 0) is 42.0 Å². The van der Waals surface area contributed by atoms with Crippen LogP contribution in [0.3, 0.4) is 0 Å². The van der Waals surface area contributed by atoms with Crippen LogP contribution in [0.2, 0.25) is 0 Å². The number of amides is 1. The average molecular weight is 415 g/mol. The van der Waals surface area contributed by atoms with Crippen molar-refractivity contribution in [3.05, 3.63) is 96.1 Å². The van der Waals surface area contributed by atoms with Crippen LogP contribution in [0, 0.1) is 0 Å². The summed E-state index contributed by atoms with van der Waals surface area (Å²) in [6.07, 6.45) is 0. The van der Waals surface area contributed by atoms with Gasteiger partial charge in [0.05, 0.1) is 0 Å². The zero-order valence-corrected chi connectivity index (χ0v) is 17.1. The molecule has 158 valence electrons. The van der Waals surface area contributed by atoms with Crippen molar-refractivity contribution in [2.75, 3.05) is 36.4 Å². The number of aliphatic carboxylic acids is 1. The van der Waals surface area contributed by atoms with Gasteiger partial charge in [-0.3, -0.25) is 14.5 Å². The first kappa shape index (κ1) is 20.6. The fourth-order valence-electron chi connectivity index (χ4n) is 3.93. The van der Waals surface area contributed by atoms with E-state index in [2.05, 4.69) is 10.2 Å². The van der Waals surface area contributed by atoms with E-state index < -0.39 is 12.0 Å². The highest BCUT2D eigenvalue weighted by molar-refractivity contribution is 6.04. The van der Waals surface area contributed by atoms with Crippen LogP contribution in [-0.2, 0) is 4.79 Å². The molecule has 0 spiro atoms. The minimum absolute atomic E-state index is 0.136. The van der Waals surface area contributed by atoms with E-state index in [1.165, 1.54) is 0 Å². The van der Waals surface area contributed by atoms with Gasteiger partial charge in [-0.15, -0.1) is 0 Å². The average Bonchev–Trinajstić information content (AvgIpc) is 2.81. The quantitative estimate of drug-likeness (QED) is 0.639. The molecule has 6 nitrogen and oxygen atoms in total. The molecule has 1 unspecified atom stereocenters. The number of hydrogen-bond donors (Lipinski definition) is 2. The summed E-state index contributed by atoms with van der Waals surface area (Å²) in [6, 6.07) is 25.6. The van der Waals surface area contributed by atoms with E-state index in [0.717, 1.165) is 30.0 Å². The molecule has 3 aromatic rings. The number of carbonyl (C=O) groups is 2. The number of carboxylic acid groups (broad SMARTS) is 1. The first-order valence-corrected chi connectivity index (χ1v) is 10.3. The van der Waals surface area contributed by atoms with Gasteiger partial charge in [0.1, 0.15) is 6.04 Å². The van der Waals surface area contributed by atoms with E-state index in [0.29, 0.717) is 18.7 Å². The molecule has 6 heteroatoms. The summed E-state index contributed by atoms with van der Waals surface area (Å²) in [4.78, 5) is 28.4. The van der Waals surface area contributed by atoms with Crippen molar-refractivity contribution in [1.82, 2.24) is 4.90 Å². The van der Waals surface area contributed by atoms with Crippen molar-refractivity contribution in [2.24, 2.45) is 0 Å². The number of anilines is 2. The summed E-state index contributed by atoms with van der Waals surface area (Å²) in [5, 5.41) is 12.7. The SMILES string of the molecule is O=C(Nc1ccc(N2CCN(C(C(=O)O)c3ccccc3)CC2)cc1)c1ccccc1. The second-order valence-corrected chi connectivity index (χ2v) is 7.54. The predicted octanol–water partition coefficient (Wildman–Crippen LogP) is 3.89. The summed E-state index contributed by atoms with van der Waals surface area (Å²) in [6.45, 7) is 2.81. The first-order chi connectivity index (χ1) is 15.1. The fourth-order valence-corrected chi connectivity index (χ4v) is 3.93. The second-order valence-electron chi connectivity index (χ2n) is 7.54. The maximum atomic E-state index is 12.3. The van der Waals surface area contributed by atoms with Crippen LogP contribution in [0.15, 0.2) is 84.9 Å². The van der Waals surface area contributed by atoms with Crippen molar-refractivity contribution in [3.63, 3.8) is 0 Å². The predicted molar refractivity (Wildman–Crippen MR) is 121 cm³/mol. The summed E-state index contributed by atoms with van der Waals surface area (Å²) >= 11 is 0. The lowest BCUT2D eigenvalue weighted by Gasteiger charge is -2.39. The van der Waals surface area contributed by atoms with E-state index in [1.807, 2.05) is 77.7 Å². The molecule has 4 rings (SSSR count). The molecule has 1 atom stereocenters. The Hall–Kier alpha value is -3.64. The minimum atomic E-state index is -0.821. The Balaban J connectivity index is 1.36. The van der Waals surface area contributed by atoms with Gasteiger partial charge in [0.15, 0.2) is 0 Å². The lowest BCUT2D eigenvalue weighted by Crippen LogP contribution is -2.49. The molecule has 1 amide bonds. The van der Waals surface area contributed by atoms with Crippen LogP contribution in [-0.4, -0.2) is 48.1 Å². The van der Waals surface area contributed by atoms with Gasteiger partial charge >= 0.3 is 5.97 Å². The molecule has 2 N–H and O–H groups in total. The van der Waals surface area contributed by atoms with Gasteiger partial charge in [-0.1, -0.05) is 48.5 Å². The Morgan fingerprint density at radius 1 is 0.774 bits per heavy atom. The molecular weight excluding hydrogens is 390 g/mol. The molecule has 0 saturated carbocycles. The number of nitrogens with zero attached hydrogens (tertiary/aromatic N) is 2. The largest absolute Gasteiger partial charge is 0.480 e. The van der Waals surface area contributed by atoms with Crippen LogP contribution in [0.5, 0.6) is 0 Å². The van der Waals surface area contributed by atoms with E-state index in [1.54, 1.807) is 12.1 Å². The third-order valence-electron chi connectivity index (χ3n) is 5.55. The highest BCUT2D eigenvalue weighted by Gasteiger charge is 2.30. The maximum absolute atomic E-state index is 12.3. The van der Waals surface area contributed by atoms with Gasteiger partial charge in [0.2, 0.25) is 0 Å². The highest BCUT2D eigenvalue weighted by atomic mass is 16.4. The number of rotatable bonds is 6. The van der Waals surface area contributed by atoms with Crippen molar-refractivity contribution < 1.29 is 14.7 Å². The summed E-state index contributed by atoms with van der Waals surface area (Å²) in [5.41, 5.74) is 3.23. The summed E-state index contributed by atoms with van der Waals surface area (Å²) < 4.78 is 0. The first-order valence-electron chi connectivity index (χ1n) is 10.3. The van der Waals surface area contributed by atoms with E-state index in [4.69, 9.17) is 0 Å². The fraction of sp³-hybridized carbons (Fsp3) is 0.200. The van der Waals surface area contributed by atoms with Gasteiger partial charge in [0, 0.05) is 43.1 Å². The van der Waals surface area contributed by atoms with Crippen molar-refractivity contribution in [2.45, 2.75) is 6.04 Å². The number of carboxylic acids is 1. The molecule has 31 heavy (non-hydrogen) atoms. The molecule has 1 aliphatic rings. The van der Waals surface area contributed by atoms with Crippen molar-refractivity contribution in [1.29, 1.82) is 0 Å². The molecule has 1 saturated heterocycles. The molecule has 0 radical (unpaired) electrons. The maximum Gasteiger partial charge on any atom is 0.325 e. The number of nitrogens with one attached hydrogen (secondary N) is 1. The zero-order valence-electron chi connectivity index (χ0n) is 17.1. The summed E-state index contributed by atoms with van der Waals surface area (Å²) in [7, 11) is 0. The molecule has 0 bridgehead atoms. The van der Waals surface area contributed by atoms with Crippen LogP contribution >= 0.6 is 0 Å². The number of hydrogen-bond acceptors (Lipinski definition) is 4. The van der Waals surface area contributed by atoms with Crippen LogP contribution in [0.4, 0.5) is 11.4 Å². The third-order valence-corrected chi connectivity index (χ3v) is 5.55. The molecule has 3 aromatic carbocycles. The standard InChI is InChI=1S/C25H25N3O3/c29-24(20-9-5-2-6-10-20)26-21-11-13-22(14-12-21)27-15-17-28(18-16-27)23(25(30)31)19-7-3-1-4-8-19/h1-14,23H,15-18H2,(H,26,29)(H,30,31). The van der Waals surface area contributed by atoms with Gasteiger partial charge in [0.25, 0.3) is 5.91 Å². The number of benzene rings is 3. The van der Waals surface area contributed by atoms with Crippen LogP contribution < -0.4 is 10.2 Å². The Labute approximate surface area is 181 Å². The van der Waals surface area contributed by atoms with Crippen molar-refractivity contribution >= 4 is 23.3 Å². The Kier molecular flexibility index (Phi) is 6.29. The zero-order chi connectivity index (χ0) is 21.6.